The smallest absolute Gasteiger partial charge is 0.161 e. The molecule has 0 spiro atoms. The summed E-state index contributed by atoms with van der Waals surface area (Å²) in [6, 6.07) is 4.53. The molecule has 1 aliphatic heterocycles. The number of fused-ring (bicyclic) bond motifs is 1. The summed E-state index contributed by atoms with van der Waals surface area (Å²) in [6.07, 6.45) is 0.715. The second-order valence-corrected chi connectivity index (χ2v) is 6.07. The molecule has 1 heterocycles. The van der Waals surface area contributed by atoms with Gasteiger partial charge in [0.25, 0.3) is 0 Å². The second-order valence-electron chi connectivity index (χ2n) is 6.07. The zero-order valence-electron chi connectivity index (χ0n) is 13.1. The van der Waals surface area contributed by atoms with E-state index < -0.39 is 0 Å². The molecule has 0 saturated carbocycles. The highest BCUT2D eigenvalue weighted by atomic mass is 16.5. The van der Waals surface area contributed by atoms with E-state index in [2.05, 4.69) is 26.1 Å². The number of hydrogen-bond acceptors (Lipinski definition) is 3. The maximum atomic E-state index is 9.76. The van der Waals surface area contributed by atoms with Crippen LogP contribution in [0.3, 0.4) is 0 Å². The van der Waals surface area contributed by atoms with Crippen molar-refractivity contribution in [1.29, 1.82) is 0 Å². The molecule has 0 aromatic heterocycles. The molecule has 0 fully saturated rings. The number of aliphatic hydroxyl groups excluding tert-OH is 1. The lowest BCUT2D eigenvalue weighted by atomic mass is 9.90. The third kappa shape index (κ3) is 2.63. The lowest BCUT2D eigenvalue weighted by Gasteiger charge is -2.45. The van der Waals surface area contributed by atoms with Crippen molar-refractivity contribution in [2.75, 3.05) is 34.4 Å². The number of benzene rings is 1. The lowest BCUT2D eigenvalue weighted by molar-refractivity contribution is -0.942. The van der Waals surface area contributed by atoms with E-state index in [4.69, 9.17) is 9.47 Å². The number of methoxy groups -OCH3 is 2. The molecule has 0 amide bonds. The fourth-order valence-electron chi connectivity index (χ4n) is 3.30. The number of nitrogens with zero attached hydrogens (tertiary/aromatic N) is 1. The molecule has 1 aromatic carbocycles. The van der Waals surface area contributed by atoms with Gasteiger partial charge >= 0.3 is 0 Å². The molecule has 112 valence electrons. The van der Waals surface area contributed by atoms with E-state index in [0.717, 1.165) is 35.5 Å². The standard InChI is InChI=1S/C16H26NO3/c1-11(18)10-17(3)7-6-13-8-15(19-4)16(20-5)9-14(13)12(17)2/h8-9,11-12,18H,6-7,10H2,1-5H3/q+1/t11-,12+,17?/m0/s1. The average molecular weight is 280 g/mol. The van der Waals surface area contributed by atoms with Gasteiger partial charge in [0, 0.05) is 12.0 Å². The minimum Gasteiger partial charge on any atom is -0.493 e. The first-order chi connectivity index (χ1) is 9.41. The number of aliphatic hydroxyl groups is 1. The minimum absolute atomic E-state index is 0.288. The molecule has 20 heavy (non-hydrogen) atoms. The van der Waals surface area contributed by atoms with Crippen molar-refractivity contribution in [2.24, 2.45) is 0 Å². The number of likely N-dealkylation sites (N-methyl/N-ethyl adjacent to an activating group) is 1. The average Bonchev–Trinajstić information content (AvgIpc) is 2.41. The van der Waals surface area contributed by atoms with Crippen molar-refractivity contribution >= 4 is 0 Å². The van der Waals surface area contributed by atoms with Gasteiger partial charge in [-0.25, -0.2) is 0 Å². The van der Waals surface area contributed by atoms with Gasteiger partial charge in [0.15, 0.2) is 11.5 Å². The number of quaternary nitrogens is 1. The first-order valence-electron chi connectivity index (χ1n) is 7.18. The van der Waals surface area contributed by atoms with Gasteiger partial charge in [0.05, 0.1) is 27.8 Å². The van der Waals surface area contributed by atoms with E-state index in [-0.39, 0.29) is 6.10 Å². The zero-order chi connectivity index (χ0) is 14.9. The van der Waals surface area contributed by atoms with Crippen LogP contribution < -0.4 is 9.47 Å². The summed E-state index contributed by atoms with van der Waals surface area (Å²) in [5, 5.41) is 9.76. The summed E-state index contributed by atoms with van der Waals surface area (Å²) in [6.45, 7) is 5.90. The van der Waals surface area contributed by atoms with Gasteiger partial charge in [-0.1, -0.05) is 0 Å². The van der Waals surface area contributed by atoms with E-state index in [1.54, 1.807) is 14.2 Å². The Bertz CT molecular complexity index is 487. The van der Waals surface area contributed by atoms with Gasteiger partial charge in [-0.05, 0) is 31.5 Å². The monoisotopic (exact) mass is 280 g/mol. The minimum atomic E-state index is -0.288. The van der Waals surface area contributed by atoms with Crippen LogP contribution in [0.25, 0.3) is 0 Å². The Morgan fingerprint density at radius 1 is 1.30 bits per heavy atom. The van der Waals surface area contributed by atoms with E-state index in [0.29, 0.717) is 6.04 Å². The molecule has 0 saturated heterocycles. The van der Waals surface area contributed by atoms with Crippen LogP contribution in [0.1, 0.15) is 31.0 Å². The summed E-state index contributed by atoms with van der Waals surface area (Å²) in [4.78, 5) is 0. The number of hydrogen-bond donors (Lipinski definition) is 1. The molecule has 1 N–H and O–H groups in total. The fraction of sp³-hybridized carbons (Fsp3) is 0.625. The van der Waals surface area contributed by atoms with E-state index in [1.165, 1.54) is 11.1 Å². The summed E-state index contributed by atoms with van der Waals surface area (Å²) < 4.78 is 11.7. The first kappa shape index (κ1) is 15.1. The summed E-state index contributed by atoms with van der Waals surface area (Å²) in [7, 11) is 5.56. The lowest BCUT2D eigenvalue weighted by Crippen LogP contribution is -2.53. The number of rotatable bonds is 4. The highest BCUT2D eigenvalue weighted by molar-refractivity contribution is 5.48. The van der Waals surface area contributed by atoms with Crippen molar-refractivity contribution in [2.45, 2.75) is 32.4 Å². The van der Waals surface area contributed by atoms with Gasteiger partial charge in [-0.3, -0.25) is 0 Å². The van der Waals surface area contributed by atoms with E-state index >= 15 is 0 Å². The molecular weight excluding hydrogens is 254 g/mol. The maximum Gasteiger partial charge on any atom is 0.161 e. The predicted octanol–water partition coefficient (Wildman–Crippen LogP) is 2.15. The SMILES string of the molecule is COc1cc2c(cc1OC)[C@@H](C)[N+](C)(C[C@H](C)O)CC2. The van der Waals surface area contributed by atoms with Crippen molar-refractivity contribution in [3.8, 4) is 11.5 Å². The highest BCUT2D eigenvalue weighted by Crippen LogP contribution is 2.40. The van der Waals surface area contributed by atoms with Crippen molar-refractivity contribution in [3.63, 3.8) is 0 Å². The third-order valence-electron chi connectivity index (χ3n) is 4.60. The molecule has 1 aromatic rings. The van der Waals surface area contributed by atoms with Crippen LogP contribution in [0.5, 0.6) is 11.5 Å². The quantitative estimate of drug-likeness (QED) is 0.859. The topological polar surface area (TPSA) is 38.7 Å². The molecule has 1 aliphatic rings. The van der Waals surface area contributed by atoms with Crippen LogP contribution in [0.4, 0.5) is 0 Å². The predicted molar refractivity (Wildman–Crippen MR) is 79.3 cm³/mol. The maximum absolute atomic E-state index is 9.76. The van der Waals surface area contributed by atoms with Crippen LogP contribution in [0.2, 0.25) is 0 Å². The van der Waals surface area contributed by atoms with Gasteiger partial charge in [0.2, 0.25) is 0 Å². The Hall–Kier alpha value is -1.26. The van der Waals surface area contributed by atoms with Crippen LogP contribution in [0.15, 0.2) is 12.1 Å². The van der Waals surface area contributed by atoms with Crippen LogP contribution in [0, 0.1) is 0 Å². The molecule has 0 radical (unpaired) electrons. The van der Waals surface area contributed by atoms with Crippen molar-refractivity contribution in [3.05, 3.63) is 23.3 Å². The molecule has 3 atom stereocenters. The summed E-state index contributed by atoms with van der Waals surface area (Å²) in [5.41, 5.74) is 2.63. The molecule has 1 unspecified atom stereocenters. The molecule has 4 heteroatoms. The fourth-order valence-corrected chi connectivity index (χ4v) is 3.30. The van der Waals surface area contributed by atoms with Crippen LogP contribution >= 0.6 is 0 Å². The third-order valence-corrected chi connectivity index (χ3v) is 4.60. The molecular formula is C16H26NO3+. The van der Waals surface area contributed by atoms with E-state index in [9.17, 15) is 5.11 Å². The van der Waals surface area contributed by atoms with E-state index in [1.807, 2.05) is 6.92 Å². The Morgan fingerprint density at radius 2 is 1.90 bits per heavy atom. The summed E-state index contributed by atoms with van der Waals surface area (Å²) >= 11 is 0. The summed E-state index contributed by atoms with van der Waals surface area (Å²) in [5.74, 6) is 1.58. The Morgan fingerprint density at radius 3 is 2.45 bits per heavy atom. The molecule has 4 nitrogen and oxygen atoms in total. The van der Waals surface area contributed by atoms with Gasteiger partial charge in [0.1, 0.15) is 18.7 Å². The Labute approximate surface area is 121 Å². The zero-order valence-corrected chi connectivity index (χ0v) is 13.1. The van der Waals surface area contributed by atoms with Gasteiger partial charge in [-0.2, -0.15) is 0 Å². The highest BCUT2D eigenvalue weighted by Gasteiger charge is 2.37. The largest absolute Gasteiger partial charge is 0.493 e. The Balaban J connectivity index is 2.41. The van der Waals surface area contributed by atoms with Crippen molar-refractivity contribution in [1.82, 2.24) is 0 Å². The molecule has 0 aliphatic carbocycles. The number of ether oxygens (including phenoxy) is 2. The molecule has 0 bridgehead atoms. The van der Waals surface area contributed by atoms with Gasteiger partial charge in [-0.15, -0.1) is 0 Å². The normalized spacial score (nSPS) is 26.8. The molecule has 2 rings (SSSR count). The van der Waals surface area contributed by atoms with Gasteiger partial charge < -0.3 is 19.1 Å². The van der Waals surface area contributed by atoms with Crippen molar-refractivity contribution < 1.29 is 19.1 Å². The Kier molecular flexibility index (Phi) is 4.25. The second kappa shape index (κ2) is 5.62. The first-order valence-corrected chi connectivity index (χ1v) is 7.18. The van der Waals surface area contributed by atoms with Crippen LogP contribution in [-0.4, -0.2) is 50.1 Å². The van der Waals surface area contributed by atoms with Crippen LogP contribution in [-0.2, 0) is 6.42 Å².